The molecule has 0 aliphatic carbocycles. The lowest BCUT2D eigenvalue weighted by atomic mass is 9.96. The predicted molar refractivity (Wildman–Crippen MR) is 183 cm³/mol. The fourth-order valence-electron chi connectivity index (χ4n) is 5.96. The second kappa shape index (κ2) is 13.6. The number of amides is 1. The zero-order chi connectivity index (χ0) is 35.9. The van der Waals surface area contributed by atoms with E-state index in [2.05, 4.69) is 30.9 Å². The van der Waals surface area contributed by atoms with Gasteiger partial charge in [0.05, 0.1) is 29.5 Å². The number of aromatic nitrogens is 5. The molecule has 4 heterocycles. The molecule has 1 unspecified atom stereocenters. The number of fused-ring (bicyclic) bond motifs is 1. The second-order valence-electron chi connectivity index (χ2n) is 11.9. The van der Waals surface area contributed by atoms with E-state index in [9.17, 15) is 27.6 Å². The SMILES string of the molecule is COc1nc(-c2cccc(-c3cccc(Nc4nc(C(F)(F)F)cc5c4c(=O)n(C)c(=O)n5C)c3C)c2Cl)cnc1CNCC1CCC(=O)N1. The Morgan fingerprint density at radius 2 is 1.76 bits per heavy atom. The molecule has 0 bridgehead atoms. The molecule has 260 valence electrons. The minimum atomic E-state index is -4.85. The van der Waals surface area contributed by atoms with Gasteiger partial charge < -0.3 is 20.7 Å². The fourth-order valence-corrected chi connectivity index (χ4v) is 6.28. The van der Waals surface area contributed by atoms with Gasteiger partial charge in [0.15, 0.2) is 0 Å². The molecule has 0 saturated carbocycles. The summed E-state index contributed by atoms with van der Waals surface area (Å²) in [5.41, 5.74) is 0.773. The van der Waals surface area contributed by atoms with Gasteiger partial charge in [-0.1, -0.05) is 41.9 Å². The average molecular weight is 709 g/mol. The molecule has 1 fully saturated rings. The molecule has 1 aliphatic rings. The normalized spacial score (nSPS) is 14.6. The van der Waals surface area contributed by atoms with E-state index in [1.807, 2.05) is 0 Å². The summed E-state index contributed by atoms with van der Waals surface area (Å²) >= 11 is 7.00. The third-order valence-corrected chi connectivity index (χ3v) is 9.07. The number of nitrogens with zero attached hydrogens (tertiary/aromatic N) is 5. The van der Waals surface area contributed by atoms with E-state index in [4.69, 9.17) is 16.3 Å². The van der Waals surface area contributed by atoms with Crippen molar-refractivity contribution in [3.8, 4) is 28.3 Å². The molecule has 0 radical (unpaired) electrons. The number of anilines is 2. The van der Waals surface area contributed by atoms with E-state index >= 15 is 0 Å². The molecular formula is C34H32ClF3N8O4. The minimum absolute atomic E-state index is 0.0402. The summed E-state index contributed by atoms with van der Waals surface area (Å²) in [5, 5.41) is 9.28. The Bertz CT molecular complexity index is 2270. The van der Waals surface area contributed by atoms with Gasteiger partial charge in [-0.15, -0.1) is 0 Å². The first-order valence-corrected chi connectivity index (χ1v) is 15.9. The van der Waals surface area contributed by atoms with Crippen LogP contribution < -0.4 is 31.9 Å². The fraction of sp³-hybridized carbons (Fsp3) is 0.294. The summed E-state index contributed by atoms with van der Waals surface area (Å²) < 4.78 is 49.1. The average Bonchev–Trinajstić information content (AvgIpc) is 3.51. The molecule has 1 saturated heterocycles. The quantitative estimate of drug-likeness (QED) is 0.196. The highest BCUT2D eigenvalue weighted by molar-refractivity contribution is 6.36. The number of carbonyl (C=O) groups excluding carboxylic acids is 1. The Balaban J connectivity index is 1.34. The van der Waals surface area contributed by atoms with Gasteiger partial charge in [-0.05, 0) is 36.6 Å². The number of nitrogens with one attached hydrogen (secondary N) is 3. The lowest BCUT2D eigenvalue weighted by Crippen LogP contribution is -2.37. The summed E-state index contributed by atoms with van der Waals surface area (Å²) in [6.45, 7) is 2.70. The Labute approximate surface area is 288 Å². The van der Waals surface area contributed by atoms with Crippen LogP contribution in [-0.4, -0.2) is 49.7 Å². The van der Waals surface area contributed by atoms with Gasteiger partial charge in [-0.3, -0.25) is 23.7 Å². The molecule has 16 heteroatoms. The number of alkyl halides is 3. The Kier molecular flexibility index (Phi) is 9.37. The van der Waals surface area contributed by atoms with Crippen LogP contribution >= 0.6 is 11.6 Å². The van der Waals surface area contributed by atoms with Crippen molar-refractivity contribution in [3.63, 3.8) is 0 Å². The number of hydrogen-bond donors (Lipinski definition) is 3. The van der Waals surface area contributed by atoms with Gasteiger partial charge in [-0.2, -0.15) is 13.2 Å². The van der Waals surface area contributed by atoms with Gasteiger partial charge in [-0.25, -0.2) is 14.8 Å². The molecule has 5 aromatic rings. The number of rotatable bonds is 9. The van der Waals surface area contributed by atoms with Gasteiger partial charge in [0.1, 0.15) is 22.6 Å². The van der Waals surface area contributed by atoms with Crippen molar-refractivity contribution in [2.75, 3.05) is 19.0 Å². The van der Waals surface area contributed by atoms with E-state index in [1.165, 1.54) is 21.2 Å². The van der Waals surface area contributed by atoms with Crippen LogP contribution in [0.3, 0.4) is 0 Å². The van der Waals surface area contributed by atoms with E-state index < -0.39 is 23.1 Å². The lowest BCUT2D eigenvalue weighted by Gasteiger charge is -2.18. The molecule has 2 aromatic carbocycles. The maximum absolute atomic E-state index is 13.9. The molecular weight excluding hydrogens is 677 g/mol. The number of pyridine rings is 1. The van der Waals surface area contributed by atoms with E-state index in [-0.39, 0.29) is 28.7 Å². The standard InChI is InChI=1S/C34H32ClF3N8O4/c1-17-19(7-6-10-22(17)42-30-28-25(13-26(44-30)34(36,37)38)45(2)33(49)46(3)32(28)48)20-8-5-9-21(29(20)35)23-16-40-24(31(43-23)50-4)15-39-14-18-11-12-27(47)41-18/h5-10,13,16,18,39H,11-12,14-15H2,1-4H3,(H,41,47)(H,42,44). The van der Waals surface area contributed by atoms with Crippen molar-refractivity contribution < 1.29 is 22.7 Å². The van der Waals surface area contributed by atoms with Gasteiger partial charge >= 0.3 is 11.9 Å². The number of aryl methyl sites for hydroxylation is 1. The molecule has 3 aromatic heterocycles. The summed E-state index contributed by atoms with van der Waals surface area (Å²) in [7, 11) is 4.03. The van der Waals surface area contributed by atoms with Crippen molar-refractivity contribution >= 4 is 39.9 Å². The highest BCUT2D eigenvalue weighted by atomic mass is 35.5. The molecule has 3 N–H and O–H groups in total. The number of methoxy groups -OCH3 is 1. The van der Waals surface area contributed by atoms with E-state index in [1.54, 1.807) is 49.5 Å². The maximum atomic E-state index is 13.9. The lowest BCUT2D eigenvalue weighted by molar-refractivity contribution is -0.141. The number of carbonyl (C=O) groups is 1. The zero-order valence-corrected chi connectivity index (χ0v) is 28.2. The number of hydrogen-bond acceptors (Lipinski definition) is 9. The zero-order valence-electron chi connectivity index (χ0n) is 27.4. The third kappa shape index (κ3) is 6.53. The van der Waals surface area contributed by atoms with Gasteiger partial charge in [0, 0.05) is 56.5 Å². The Morgan fingerprint density at radius 1 is 1.04 bits per heavy atom. The summed E-state index contributed by atoms with van der Waals surface area (Å²) in [6, 6.07) is 11.3. The van der Waals surface area contributed by atoms with Crippen LogP contribution in [-0.2, 0) is 31.6 Å². The van der Waals surface area contributed by atoms with Gasteiger partial charge in [0.2, 0.25) is 11.8 Å². The van der Waals surface area contributed by atoms with Crippen LogP contribution in [0.25, 0.3) is 33.3 Å². The topological polar surface area (TPSA) is 145 Å². The Hall–Kier alpha value is -5.28. The maximum Gasteiger partial charge on any atom is 0.433 e. The second-order valence-corrected chi connectivity index (χ2v) is 12.2. The third-order valence-electron chi connectivity index (χ3n) is 8.67. The predicted octanol–water partition coefficient (Wildman–Crippen LogP) is 4.86. The van der Waals surface area contributed by atoms with Crippen LogP contribution in [0.5, 0.6) is 5.88 Å². The first kappa shape index (κ1) is 34.6. The largest absolute Gasteiger partial charge is 0.480 e. The van der Waals surface area contributed by atoms with Crippen LogP contribution in [0.1, 0.15) is 29.8 Å². The minimum Gasteiger partial charge on any atom is -0.480 e. The summed E-state index contributed by atoms with van der Waals surface area (Å²) in [5.74, 6) is -0.00630. The number of halogens is 4. The van der Waals surface area contributed by atoms with Crippen molar-refractivity contribution in [2.24, 2.45) is 14.1 Å². The highest BCUT2D eigenvalue weighted by Gasteiger charge is 2.34. The first-order valence-electron chi connectivity index (χ1n) is 15.5. The van der Waals surface area contributed by atoms with Crippen molar-refractivity contribution in [3.05, 3.63) is 91.5 Å². The molecule has 1 atom stereocenters. The van der Waals surface area contributed by atoms with Crippen LogP contribution in [0.4, 0.5) is 24.7 Å². The molecule has 6 rings (SSSR count). The van der Waals surface area contributed by atoms with E-state index in [0.29, 0.717) is 75.8 Å². The molecule has 1 aliphatic heterocycles. The van der Waals surface area contributed by atoms with Crippen LogP contribution in [0, 0.1) is 6.92 Å². The molecule has 0 spiro atoms. The molecule has 50 heavy (non-hydrogen) atoms. The van der Waals surface area contributed by atoms with Crippen molar-refractivity contribution in [1.29, 1.82) is 0 Å². The Morgan fingerprint density at radius 3 is 2.46 bits per heavy atom. The monoisotopic (exact) mass is 708 g/mol. The van der Waals surface area contributed by atoms with Crippen LogP contribution in [0.2, 0.25) is 5.02 Å². The first-order chi connectivity index (χ1) is 23.8. The van der Waals surface area contributed by atoms with Crippen molar-refractivity contribution in [1.82, 2.24) is 34.7 Å². The number of benzene rings is 2. The summed E-state index contributed by atoms with van der Waals surface area (Å²) in [6.07, 6.45) is -1.98. The number of ether oxygens (including phenoxy) is 1. The molecule has 12 nitrogen and oxygen atoms in total. The van der Waals surface area contributed by atoms with Crippen molar-refractivity contribution in [2.45, 2.75) is 38.5 Å². The summed E-state index contributed by atoms with van der Waals surface area (Å²) in [4.78, 5) is 50.2. The van der Waals surface area contributed by atoms with Crippen LogP contribution in [0.15, 0.2) is 58.3 Å². The smallest absolute Gasteiger partial charge is 0.433 e. The van der Waals surface area contributed by atoms with Gasteiger partial charge in [0.25, 0.3) is 5.56 Å². The molecule has 1 amide bonds. The highest BCUT2D eigenvalue weighted by Crippen LogP contribution is 2.40. The van der Waals surface area contributed by atoms with E-state index in [0.717, 1.165) is 15.6 Å².